The van der Waals surface area contributed by atoms with Crippen molar-refractivity contribution in [1.29, 1.82) is 0 Å². The fourth-order valence-corrected chi connectivity index (χ4v) is 2.82. The van der Waals surface area contributed by atoms with E-state index in [4.69, 9.17) is 11.6 Å². The van der Waals surface area contributed by atoms with Gasteiger partial charge < -0.3 is 0 Å². The van der Waals surface area contributed by atoms with Crippen molar-refractivity contribution in [3.05, 3.63) is 63.3 Å². The molecule has 0 aliphatic rings. The van der Waals surface area contributed by atoms with Gasteiger partial charge in [-0.05, 0) is 12.1 Å². The summed E-state index contributed by atoms with van der Waals surface area (Å²) >= 11 is 9.59. The molecule has 0 aliphatic heterocycles. The molecule has 110 valence electrons. The molecule has 22 heavy (non-hydrogen) atoms. The lowest BCUT2D eigenvalue weighted by Gasteiger charge is -2.09. The number of hydrogen-bond acceptors (Lipinski definition) is 4. The van der Waals surface area contributed by atoms with Gasteiger partial charge in [-0.3, -0.25) is 10.1 Å². The zero-order valence-corrected chi connectivity index (χ0v) is 13.5. The Balaban J connectivity index is 2.33. The SMILES string of the molecule is O=[N+]([O-])c1cccc2nc(-c3ccccc3Cl)c(CBr)nc12. The first kappa shape index (κ1) is 14.9. The van der Waals surface area contributed by atoms with Gasteiger partial charge in [-0.15, -0.1) is 0 Å². The molecule has 0 bridgehead atoms. The maximum Gasteiger partial charge on any atom is 0.297 e. The number of halogens is 2. The Morgan fingerprint density at radius 1 is 1.14 bits per heavy atom. The van der Waals surface area contributed by atoms with Crippen molar-refractivity contribution in [3.8, 4) is 11.3 Å². The Kier molecular flexibility index (Phi) is 4.04. The monoisotopic (exact) mass is 377 g/mol. The number of para-hydroxylation sites is 1. The maximum atomic E-state index is 11.1. The van der Waals surface area contributed by atoms with E-state index in [-0.39, 0.29) is 11.2 Å². The lowest BCUT2D eigenvalue weighted by molar-refractivity contribution is -0.383. The van der Waals surface area contributed by atoms with E-state index in [1.807, 2.05) is 18.2 Å². The van der Waals surface area contributed by atoms with Crippen LogP contribution in [0.25, 0.3) is 22.3 Å². The van der Waals surface area contributed by atoms with Crippen LogP contribution in [0, 0.1) is 10.1 Å². The van der Waals surface area contributed by atoms with Crippen molar-refractivity contribution in [2.75, 3.05) is 0 Å². The third kappa shape index (κ3) is 2.55. The van der Waals surface area contributed by atoms with Crippen LogP contribution in [-0.2, 0) is 5.33 Å². The third-order valence-corrected chi connectivity index (χ3v) is 4.06. The van der Waals surface area contributed by atoms with E-state index in [0.717, 1.165) is 5.56 Å². The molecule has 0 unspecified atom stereocenters. The van der Waals surface area contributed by atoms with Crippen LogP contribution >= 0.6 is 27.5 Å². The smallest absolute Gasteiger partial charge is 0.258 e. The number of nitro groups is 1. The molecule has 0 atom stereocenters. The Morgan fingerprint density at radius 2 is 1.91 bits per heavy atom. The lowest BCUT2D eigenvalue weighted by Crippen LogP contribution is -2.00. The van der Waals surface area contributed by atoms with Crippen molar-refractivity contribution >= 4 is 44.3 Å². The van der Waals surface area contributed by atoms with Crippen molar-refractivity contribution in [2.24, 2.45) is 0 Å². The van der Waals surface area contributed by atoms with Gasteiger partial charge in [0.1, 0.15) is 0 Å². The van der Waals surface area contributed by atoms with E-state index in [1.54, 1.807) is 18.2 Å². The highest BCUT2D eigenvalue weighted by atomic mass is 79.9. The summed E-state index contributed by atoms with van der Waals surface area (Å²) in [5.41, 5.74) is 2.66. The summed E-state index contributed by atoms with van der Waals surface area (Å²) in [4.78, 5) is 19.6. The fraction of sp³-hybridized carbons (Fsp3) is 0.0667. The van der Waals surface area contributed by atoms with Gasteiger partial charge in [0.2, 0.25) is 0 Å². The average Bonchev–Trinajstić information content (AvgIpc) is 2.53. The molecule has 0 radical (unpaired) electrons. The first-order valence-electron chi connectivity index (χ1n) is 6.36. The Labute approximate surface area is 139 Å². The number of hydrogen-bond donors (Lipinski definition) is 0. The minimum Gasteiger partial charge on any atom is -0.258 e. The molecule has 7 heteroatoms. The van der Waals surface area contributed by atoms with Gasteiger partial charge in [0, 0.05) is 17.0 Å². The van der Waals surface area contributed by atoms with E-state index in [1.165, 1.54) is 6.07 Å². The quantitative estimate of drug-likeness (QED) is 0.374. The van der Waals surface area contributed by atoms with Crippen molar-refractivity contribution in [3.63, 3.8) is 0 Å². The molecular formula is C15H9BrClN3O2. The standard InChI is InChI=1S/C15H9BrClN3O2/c16-8-12-14(9-4-1-2-5-10(9)17)18-11-6-3-7-13(20(21)22)15(11)19-12/h1-7H,8H2. The molecule has 5 nitrogen and oxygen atoms in total. The zero-order valence-electron chi connectivity index (χ0n) is 11.2. The van der Waals surface area contributed by atoms with Crippen LogP contribution in [0.15, 0.2) is 42.5 Å². The minimum atomic E-state index is -0.454. The maximum absolute atomic E-state index is 11.1. The van der Waals surface area contributed by atoms with Crippen molar-refractivity contribution in [2.45, 2.75) is 5.33 Å². The Hall–Kier alpha value is -2.05. The number of aromatic nitrogens is 2. The summed E-state index contributed by atoms with van der Waals surface area (Å²) in [5, 5.41) is 12.1. The molecule has 1 aromatic heterocycles. The summed E-state index contributed by atoms with van der Waals surface area (Å²) < 4.78 is 0. The molecule has 3 aromatic rings. The van der Waals surface area contributed by atoms with Crippen LogP contribution in [0.2, 0.25) is 5.02 Å². The van der Waals surface area contributed by atoms with Gasteiger partial charge in [0.15, 0.2) is 5.52 Å². The summed E-state index contributed by atoms with van der Waals surface area (Å²) in [7, 11) is 0. The van der Waals surface area contributed by atoms with Gasteiger partial charge in [0.05, 0.1) is 26.9 Å². The number of non-ortho nitro benzene ring substituents is 1. The van der Waals surface area contributed by atoms with E-state index in [0.29, 0.717) is 27.3 Å². The Bertz CT molecular complexity index is 886. The topological polar surface area (TPSA) is 68.9 Å². The fourth-order valence-electron chi connectivity index (χ4n) is 2.21. The second-order valence-electron chi connectivity index (χ2n) is 4.53. The predicted molar refractivity (Wildman–Crippen MR) is 89.3 cm³/mol. The first-order chi connectivity index (χ1) is 10.6. The van der Waals surface area contributed by atoms with Gasteiger partial charge in [0.25, 0.3) is 5.69 Å². The normalized spacial score (nSPS) is 10.8. The second kappa shape index (κ2) is 5.98. The van der Waals surface area contributed by atoms with Crippen LogP contribution in [0.5, 0.6) is 0 Å². The molecule has 3 rings (SSSR count). The number of nitro benzene ring substituents is 1. The van der Waals surface area contributed by atoms with Crippen LogP contribution in [0.3, 0.4) is 0 Å². The molecule has 1 heterocycles. The third-order valence-electron chi connectivity index (χ3n) is 3.20. The number of fused-ring (bicyclic) bond motifs is 1. The van der Waals surface area contributed by atoms with Crippen LogP contribution < -0.4 is 0 Å². The minimum absolute atomic E-state index is 0.0575. The highest BCUT2D eigenvalue weighted by Crippen LogP contribution is 2.32. The number of nitrogens with zero attached hydrogens (tertiary/aromatic N) is 3. The number of benzene rings is 2. The first-order valence-corrected chi connectivity index (χ1v) is 7.86. The summed E-state index contributed by atoms with van der Waals surface area (Å²) in [6.45, 7) is 0. The molecule has 0 saturated heterocycles. The molecule has 0 saturated carbocycles. The van der Waals surface area contributed by atoms with E-state index < -0.39 is 4.92 Å². The molecule has 0 spiro atoms. The number of rotatable bonds is 3. The molecule has 0 amide bonds. The van der Waals surface area contributed by atoms with Crippen LogP contribution in [-0.4, -0.2) is 14.9 Å². The largest absolute Gasteiger partial charge is 0.297 e. The molecule has 0 N–H and O–H groups in total. The average molecular weight is 379 g/mol. The number of alkyl halides is 1. The summed E-state index contributed by atoms with van der Waals surface area (Å²) in [6.07, 6.45) is 0. The molecule has 2 aromatic carbocycles. The lowest BCUT2D eigenvalue weighted by atomic mass is 10.1. The van der Waals surface area contributed by atoms with Crippen molar-refractivity contribution in [1.82, 2.24) is 9.97 Å². The Morgan fingerprint density at radius 3 is 2.59 bits per heavy atom. The van der Waals surface area contributed by atoms with Crippen molar-refractivity contribution < 1.29 is 4.92 Å². The van der Waals surface area contributed by atoms with E-state index >= 15 is 0 Å². The molecular weight excluding hydrogens is 370 g/mol. The van der Waals surface area contributed by atoms with Gasteiger partial charge in [-0.25, -0.2) is 9.97 Å². The van der Waals surface area contributed by atoms with Gasteiger partial charge in [-0.1, -0.05) is 51.8 Å². The highest BCUT2D eigenvalue weighted by Gasteiger charge is 2.18. The van der Waals surface area contributed by atoms with Crippen LogP contribution in [0.1, 0.15) is 5.69 Å². The van der Waals surface area contributed by atoms with Gasteiger partial charge >= 0.3 is 0 Å². The summed E-state index contributed by atoms with van der Waals surface area (Å²) in [6, 6.07) is 12.0. The zero-order chi connectivity index (χ0) is 15.7. The molecule has 0 fully saturated rings. The predicted octanol–water partition coefficient (Wildman–Crippen LogP) is 4.75. The van der Waals surface area contributed by atoms with Gasteiger partial charge in [-0.2, -0.15) is 0 Å². The molecule has 0 aliphatic carbocycles. The van der Waals surface area contributed by atoms with E-state index in [2.05, 4.69) is 25.9 Å². The van der Waals surface area contributed by atoms with Crippen LogP contribution in [0.4, 0.5) is 5.69 Å². The highest BCUT2D eigenvalue weighted by molar-refractivity contribution is 9.08. The second-order valence-corrected chi connectivity index (χ2v) is 5.50. The summed E-state index contributed by atoms with van der Waals surface area (Å²) in [5.74, 6) is 0. The van der Waals surface area contributed by atoms with E-state index in [9.17, 15) is 10.1 Å².